The van der Waals surface area contributed by atoms with E-state index in [2.05, 4.69) is 20.4 Å². The van der Waals surface area contributed by atoms with Gasteiger partial charge in [0.15, 0.2) is 0 Å². The molecule has 2 bridgehead atoms. The summed E-state index contributed by atoms with van der Waals surface area (Å²) >= 11 is 0. The van der Waals surface area contributed by atoms with Crippen molar-refractivity contribution in [3.63, 3.8) is 0 Å². The van der Waals surface area contributed by atoms with Crippen LogP contribution in [-0.2, 0) is 24.4 Å². The van der Waals surface area contributed by atoms with E-state index < -0.39 is 11.8 Å². The van der Waals surface area contributed by atoms with Gasteiger partial charge in [0, 0.05) is 49.1 Å². The Morgan fingerprint density at radius 3 is 2.60 bits per heavy atom. The Hall–Kier alpha value is -4.46. The van der Waals surface area contributed by atoms with E-state index >= 15 is 0 Å². The fourth-order valence-corrected chi connectivity index (χ4v) is 6.63. The molecular formula is C33H32FN5O4. The minimum absolute atomic E-state index is 0.0858. The number of aromatic nitrogens is 2. The molecule has 10 heteroatoms. The van der Waals surface area contributed by atoms with Crippen molar-refractivity contribution in [2.75, 3.05) is 24.6 Å². The molecule has 1 aromatic heterocycles. The maximum absolute atomic E-state index is 14.4. The van der Waals surface area contributed by atoms with Gasteiger partial charge in [-0.15, -0.1) is 0 Å². The zero-order valence-corrected chi connectivity index (χ0v) is 23.7. The third-order valence-corrected chi connectivity index (χ3v) is 8.87. The maximum Gasteiger partial charge on any atom is 0.335 e. The van der Waals surface area contributed by atoms with E-state index in [1.54, 1.807) is 30.3 Å². The summed E-state index contributed by atoms with van der Waals surface area (Å²) in [5.41, 5.74) is 3.69. The van der Waals surface area contributed by atoms with Crippen molar-refractivity contribution in [3.05, 3.63) is 89.0 Å². The van der Waals surface area contributed by atoms with E-state index in [9.17, 15) is 14.3 Å². The van der Waals surface area contributed by atoms with Gasteiger partial charge in [-0.3, -0.25) is 4.90 Å². The Morgan fingerprint density at radius 2 is 1.91 bits per heavy atom. The van der Waals surface area contributed by atoms with Crippen LogP contribution in [0.15, 0.2) is 60.7 Å². The molecule has 3 aromatic carbocycles. The number of imidazole rings is 1. The number of fused-ring (bicyclic) bond motifs is 3. The topological polar surface area (TPSA) is 104 Å². The van der Waals surface area contributed by atoms with Crippen molar-refractivity contribution in [1.82, 2.24) is 14.5 Å². The molecule has 1 N–H and O–H groups in total. The summed E-state index contributed by atoms with van der Waals surface area (Å²) in [6, 6.07) is 20.2. The highest BCUT2D eigenvalue weighted by atomic mass is 19.1. The Bertz CT molecular complexity index is 1710. The number of nitrogens with zero attached hydrogens (tertiary/aromatic N) is 5. The van der Waals surface area contributed by atoms with E-state index in [-0.39, 0.29) is 23.8 Å². The lowest BCUT2D eigenvalue weighted by Crippen LogP contribution is -2.53. The van der Waals surface area contributed by atoms with Gasteiger partial charge in [-0.25, -0.2) is 14.2 Å². The number of ether oxygens (including phenoxy) is 2. The lowest BCUT2D eigenvalue weighted by molar-refractivity contribution is -0.0592. The van der Waals surface area contributed by atoms with Crippen LogP contribution in [0.4, 0.5) is 10.1 Å². The molecule has 0 aliphatic carbocycles. The fraction of sp³-hybridized carbons (Fsp3) is 0.364. The van der Waals surface area contributed by atoms with Crippen LogP contribution >= 0.6 is 0 Å². The van der Waals surface area contributed by atoms with Gasteiger partial charge in [0.05, 0.1) is 47.4 Å². The molecule has 3 aliphatic rings. The Morgan fingerprint density at radius 1 is 1.09 bits per heavy atom. The zero-order valence-electron chi connectivity index (χ0n) is 23.7. The minimum atomic E-state index is -0.945. The van der Waals surface area contributed by atoms with E-state index in [1.165, 1.54) is 6.07 Å². The first-order valence-corrected chi connectivity index (χ1v) is 14.7. The number of aromatic carboxylic acids is 1. The molecule has 220 valence electrons. The number of anilines is 1. The van der Waals surface area contributed by atoms with Crippen LogP contribution in [0, 0.1) is 17.1 Å². The number of carboxylic acids is 1. The van der Waals surface area contributed by atoms with Gasteiger partial charge in [0.25, 0.3) is 0 Å². The second kappa shape index (κ2) is 11.3. The zero-order chi connectivity index (χ0) is 29.5. The number of benzene rings is 3. The van der Waals surface area contributed by atoms with Crippen molar-refractivity contribution >= 4 is 22.7 Å². The van der Waals surface area contributed by atoms with Crippen LogP contribution < -0.4 is 9.64 Å². The number of halogens is 1. The smallest absolute Gasteiger partial charge is 0.335 e. The molecule has 4 heterocycles. The van der Waals surface area contributed by atoms with Gasteiger partial charge in [0.1, 0.15) is 24.0 Å². The van der Waals surface area contributed by atoms with Crippen molar-refractivity contribution in [2.45, 2.75) is 57.1 Å². The average molecular weight is 582 g/mol. The summed E-state index contributed by atoms with van der Waals surface area (Å²) in [5.74, 6) is 0.224. The Balaban J connectivity index is 1.06. The number of likely N-dealkylation sites (tertiary alicyclic amines) is 1. The predicted octanol–water partition coefficient (Wildman–Crippen LogP) is 4.97. The van der Waals surface area contributed by atoms with Crippen molar-refractivity contribution in [1.29, 1.82) is 5.26 Å². The predicted molar refractivity (Wildman–Crippen MR) is 158 cm³/mol. The van der Waals surface area contributed by atoms with Crippen molar-refractivity contribution < 1.29 is 23.8 Å². The molecule has 0 radical (unpaired) electrons. The number of piperazine rings is 1. The summed E-state index contributed by atoms with van der Waals surface area (Å²) < 4.78 is 28.2. The molecule has 3 aliphatic heterocycles. The van der Waals surface area contributed by atoms with Gasteiger partial charge in [0.2, 0.25) is 0 Å². The molecule has 0 saturated carbocycles. The monoisotopic (exact) mass is 581 g/mol. The SMILES string of the molecule is N#Cc1ccc(COc2cccc(N3C4CCC3CN(Cc3nc5ccc(C(=O)O)cc5n3C[C@@H]3CCO3)C4)c2)c(F)c1. The molecule has 0 spiro atoms. The highest BCUT2D eigenvalue weighted by Crippen LogP contribution is 2.37. The lowest BCUT2D eigenvalue weighted by atomic mass is 10.1. The highest BCUT2D eigenvalue weighted by molar-refractivity contribution is 5.92. The van der Waals surface area contributed by atoms with Crippen LogP contribution in [-0.4, -0.2) is 63.4 Å². The largest absolute Gasteiger partial charge is 0.489 e. The van der Waals surface area contributed by atoms with Crippen LogP contribution in [0.2, 0.25) is 0 Å². The molecular weight excluding hydrogens is 549 g/mol. The first-order valence-electron chi connectivity index (χ1n) is 14.7. The molecule has 3 atom stereocenters. The standard InChI is InChI=1S/C33H32FN5O4/c34-29-12-21(15-35)4-5-23(29)20-43-27-3-1-2-24(14-27)39-25-7-8-26(39)17-37(16-25)19-32-36-30-9-6-22(33(40)41)13-31(30)38(32)18-28-10-11-42-28/h1-6,9,12-14,25-26,28H,7-8,10-11,16-20H2,(H,40,41)/t25?,26?,28-/m0/s1. The van der Waals surface area contributed by atoms with E-state index in [1.807, 2.05) is 24.3 Å². The number of nitriles is 1. The number of hydrogen-bond acceptors (Lipinski definition) is 7. The van der Waals surface area contributed by atoms with E-state index in [0.717, 1.165) is 61.5 Å². The van der Waals surface area contributed by atoms with Crippen LogP contribution in [0.1, 0.15) is 46.6 Å². The molecule has 43 heavy (non-hydrogen) atoms. The van der Waals surface area contributed by atoms with E-state index in [0.29, 0.717) is 36.5 Å². The number of hydrogen-bond donors (Lipinski definition) is 1. The minimum Gasteiger partial charge on any atom is -0.489 e. The van der Waals surface area contributed by atoms with Gasteiger partial charge >= 0.3 is 5.97 Å². The Kier molecular flexibility index (Phi) is 7.21. The van der Waals surface area contributed by atoms with Gasteiger partial charge in [-0.2, -0.15) is 5.26 Å². The number of rotatable bonds is 9. The summed E-state index contributed by atoms with van der Waals surface area (Å²) in [6.45, 7) is 3.98. The maximum atomic E-state index is 14.4. The van der Waals surface area contributed by atoms with Crippen LogP contribution in [0.25, 0.3) is 11.0 Å². The van der Waals surface area contributed by atoms with E-state index in [4.69, 9.17) is 19.7 Å². The Labute approximate surface area is 248 Å². The molecule has 9 nitrogen and oxygen atoms in total. The van der Waals surface area contributed by atoms with Gasteiger partial charge in [-0.05, 0) is 61.7 Å². The normalized spacial score (nSPS) is 21.5. The second-order valence-electron chi connectivity index (χ2n) is 11.6. The highest BCUT2D eigenvalue weighted by Gasteiger charge is 2.40. The van der Waals surface area contributed by atoms with Crippen LogP contribution in [0.5, 0.6) is 5.75 Å². The molecule has 3 fully saturated rings. The molecule has 4 aromatic rings. The summed E-state index contributed by atoms with van der Waals surface area (Å²) in [6.07, 6.45) is 3.31. The second-order valence-corrected chi connectivity index (χ2v) is 11.6. The summed E-state index contributed by atoms with van der Waals surface area (Å²) in [7, 11) is 0. The first-order chi connectivity index (χ1) is 20.9. The lowest BCUT2D eigenvalue weighted by Gasteiger charge is -2.42. The van der Waals surface area contributed by atoms with Crippen molar-refractivity contribution in [2.24, 2.45) is 0 Å². The van der Waals surface area contributed by atoms with Gasteiger partial charge < -0.3 is 24.0 Å². The number of carboxylic acid groups (broad SMARTS) is 1. The summed E-state index contributed by atoms with van der Waals surface area (Å²) in [5, 5.41) is 18.5. The fourth-order valence-electron chi connectivity index (χ4n) is 6.63. The van der Waals surface area contributed by atoms with Crippen LogP contribution in [0.3, 0.4) is 0 Å². The first kappa shape index (κ1) is 27.4. The molecule has 2 unspecified atom stereocenters. The average Bonchev–Trinajstić information content (AvgIpc) is 3.46. The third kappa shape index (κ3) is 5.42. The third-order valence-electron chi connectivity index (χ3n) is 8.87. The van der Waals surface area contributed by atoms with Gasteiger partial charge in [-0.1, -0.05) is 12.1 Å². The molecule has 7 rings (SSSR count). The number of carbonyl (C=O) groups is 1. The molecule has 3 saturated heterocycles. The van der Waals surface area contributed by atoms with Crippen molar-refractivity contribution in [3.8, 4) is 11.8 Å². The summed E-state index contributed by atoms with van der Waals surface area (Å²) in [4.78, 5) is 21.6. The quantitative estimate of drug-likeness (QED) is 0.296. The molecule has 0 amide bonds.